The number of aromatic amines is 1. The molecule has 3 rings (SSSR count). The third kappa shape index (κ3) is 4.89. The van der Waals surface area contributed by atoms with Crippen LogP contribution in [-0.4, -0.2) is 72.4 Å². The van der Waals surface area contributed by atoms with E-state index in [0.29, 0.717) is 22.5 Å². The number of Topliss-reactive ketones (excluding diaryl/α,β-unsaturated/α-hetero) is 1. The predicted octanol–water partition coefficient (Wildman–Crippen LogP) is 3.32. The van der Waals surface area contributed by atoms with E-state index in [9.17, 15) is 9.59 Å². The van der Waals surface area contributed by atoms with Crippen LogP contribution in [0, 0.1) is 13.8 Å². The number of aromatic nitrogens is 1. The van der Waals surface area contributed by atoms with Crippen LogP contribution < -0.4 is 0 Å². The zero-order valence-electron chi connectivity index (χ0n) is 18.3. The summed E-state index contributed by atoms with van der Waals surface area (Å²) in [6.07, 6.45) is 4.34. The molecule has 0 amide bonds. The van der Waals surface area contributed by atoms with Gasteiger partial charge < -0.3 is 9.72 Å². The Kier molecular flexibility index (Phi) is 7.24. The lowest BCUT2D eigenvalue weighted by atomic mass is 10.0. The molecule has 1 aromatic carbocycles. The van der Waals surface area contributed by atoms with Crippen LogP contribution in [0.1, 0.15) is 44.6 Å². The van der Waals surface area contributed by atoms with Gasteiger partial charge in [0.05, 0.1) is 24.4 Å². The number of hydrogen-bond acceptors (Lipinski definition) is 5. The van der Waals surface area contributed by atoms with Gasteiger partial charge in [0.15, 0.2) is 5.78 Å². The molecule has 160 valence electrons. The van der Waals surface area contributed by atoms with E-state index in [1.54, 1.807) is 13.8 Å². The topological polar surface area (TPSA) is 65.6 Å². The average molecular weight is 410 g/mol. The Morgan fingerprint density at radius 3 is 2.43 bits per heavy atom. The van der Waals surface area contributed by atoms with E-state index in [1.807, 2.05) is 25.1 Å². The SMILES string of the molecule is COC(=O)c1c(C)[nH]c(C(=O)[C@H](C)N2CCN(C/C=C/c3ccccc3)CC2)c1C. The van der Waals surface area contributed by atoms with Crippen LogP contribution >= 0.6 is 0 Å². The molecule has 1 atom stereocenters. The van der Waals surface area contributed by atoms with Crippen molar-refractivity contribution in [1.29, 1.82) is 0 Å². The van der Waals surface area contributed by atoms with Gasteiger partial charge in [0, 0.05) is 38.4 Å². The summed E-state index contributed by atoms with van der Waals surface area (Å²) in [5.41, 5.74) is 3.51. The standard InChI is InChI=1S/C24H31N3O3/c1-17-21(24(29)30-4)18(2)25-22(17)23(28)19(3)27-15-13-26(14-16-27)12-8-11-20-9-6-5-7-10-20/h5-11,19,25H,12-16H2,1-4H3/b11-8+/t19-/m0/s1. The van der Waals surface area contributed by atoms with Gasteiger partial charge >= 0.3 is 5.97 Å². The molecule has 6 heteroatoms. The molecule has 6 nitrogen and oxygen atoms in total. The Hall–Kier alpha value is -2.70. The molecule has 1 aliphatic rings. The molecule has 2 heterocycles. The molecule has 0 radical (unpaired) electrons. The van der Waals surface area contributed by atoms with E-state index in [-0.39, 0.29) is 11.8 Å². The number of benzene rings is 1. The Bertz CT molecular complexity index is 909. The highest BCUT2D eigenvalue weighted by Gasteiger charge is 2.30. The summed E-state index contributed by atoms with van der Waals surface area (Å²) in [6, 6.07) is 10.0. The predicted molar refractivity (Wildman–Crippen MR) is 119 cm³/mol. The fourth-order valence-corrected chi connectivity index (χ4v) is 4.01. The summed E-state index contributed by atoms with van der Waals surface area (Å²) in [7, 11) is 1.35. The summed E-state index contributed by atoms with van der Waals surface area (Å²) in [5, 5.41) is 0. The minimum absolute atomic E-state index is 0.0168. The number of ether oxygens (including phenoxy) is 1. The average Bonchev–Trinajstić information content (AvgIpc) is 3.07. The van der Waals surface area contributed by atoms with E-state index in [0.717, 1.165) is 32.7 Å². The van der Waals surface area contributed by atoms with Gasteiger partial charge in [-0.25, -0.2) is 4.79 Å². The minimum atomic E-state index is -0.412. The number of esters is 1. The molecule has 1 N–H and O–H groups in total. The van der Waals surface area contributed by atoms with Gasteiger partial charge in [-0.2, -0.15) is 0 Å². The first-order chi connectivity index (χ1) is 14.4. The molecule has 0 spiro atoms. The summed E-state index contributed by atoms with van der Waals surface area (Å²) >= 11 is 0. The zero-order chi connectivity index (χ0) is 21.7. The van der Waals surface area contributed by atoms with Gasteiger partial charge in [-0.3, -0.25) is 14.6 Å². The van der Waals surface area contributed by atoms with Crippen LogP contribution in [0.25, 0.3) is 6.08 Å². The van der Waals surface area contributed by atoms with Crippen molar-refractivity contribution < 1.29 is 14.3 Å². The molecule has 1 aromatic heterocycles. The number of carbonyl (C=O) groups is 2. The Morgan fingerprint density at radius 1 is 1.13 bits per heavy atom. The second-order valence-corrected chi connectivity index (χ2v) is 7.81. The van der Waals surface area contributed by atoms with Crippen molar-refractivity contribution in [1.82, 2.24) is 14.8 Å². The van der Waals surface area contributed by atoms with Crippen molar-refractivity contribution in [2.24, 2.45) is 0 Å². The lowest BCUT2D eigenvalue weighted by Gasteiger charge is -2.37. The first-order valence-electron chi connectivity index (χ1n) is 10.4. The first kappa shape index (κ1) is 22.0. The largest absolute Gasteiger partial charge is 0.465 e. The van der Waals surface area contributed by atoms with Crippen molar-refractivity contribution in [3.63, 3.8) is 0 Å². The smallest absolute Gasteiger partial charge is 0.339 e. The van der Waals surface area contributed by atoms with Gasteiger partial charge in [0.2, 0.25) is 0 Å². The highest BCUT2D eigenvalue weighted by Crippen LogP contribution is 2.21. The first-order valence-corrected chi connectivity index (χ1v) is 10.4. The van der Waals surface area contributed by atoms with Crippen LogP contribution in [0.3, 0.4) is 0 Å². The van der Waals surface area contributed by atoms with Crippen molar-refractivity contribution in [2.45, 2.75) is 26.8 Å². The van der Waals surface area contributed by atoms with Gasteiger partial charge in [0.25, 0.3) is 0 Å². The highest BCUT2D eigenvalue weighted by molar-refractivity contribution is 6.03. The van der Waals surface area contributed by atoms with E-state index in [1.165, 1.54) is 12.7 Å². The molecular weight excluding hydrogens is 378 g/mol. The molecular formula is C24H31N3O3. The fraction of sp³-hybridized carbons (Fsp3) is 0.417. The number of ketones is 1. The fourth-order valence-electron chi connectivity index (χ4n) is 4.01. The second-order valence-electron chi connectivity index (χ2n) is 7.81. The number of H-pyrrole nitrogens is 1. The quantitative estimate of drug-likeness (QED) is 0.561. The number of nitrogens with one attached hydrogen (secondary N) is 1. The maximum absolute atomic E-state index is 13.1. The number of rotatable bonds is 7. The molecule has 0 saturated carbocycles. The van der Waals surface area contributed by atoms with E-state index >= 15 is 0 Å². The molecule has 0 bridgehead atoms. The van der Waals surface area contributed by atoms with Crippen LogP contribution in [0.2, 0.25) is 0 Å². The molecule has 0 aliphatic carbocycles. The summed E-state index contributed by atoms with van der Waals surface area (Å²) in [6.45, 7) is 9.97. The third-order valence-electron chi connectivity index (χ3n) is 5.88. The lowest BCUT2D eigenvalue weighted by molar-refractivity contribution is 0.0599. The number of hydrogen-bond donors (Lipinski definition) is 1. The second kappa shape index (κ2) is 9.87. The van der Waals surface area contributed by atoms with Crippen LogP contribution in [-0.2, 0) is 4.74 Å². The van der Waals surface area contributed by atoms with Crippen molar-refractivity contribution in [3.05, 3.63) is 64.5 Å². The Balaban J connectivity index is 1.56. The number of carbonyl (C=O) groups excluding carboxylic acids is 2. The highest BCUT2D eigenvalue weighted by atomic mass is 16.5. The molecule has 30 heavy (non-hydrogen) atoms. The monoisotopic (exact) mass is 409 g/mol. The lowest BCUT2D eigenvalue weighted by Crippen LogP contribution is -2.51. The minimum Gasteiger partial charge on any atom is -0.465 e. The molecule has 2 aromatic rings. The van der Waals surface area contributed by atoms with Crippen molar-refractivity contribution >= 4 is 17.8 Å². The Morgan fingerprint density at radius 2 is 1.80 bits per heavy atom. The van der Waals surface area contributed by atoms with E-state index in [4.69, 9.17) is 4.74 Å². The number of nitrogens with zero attached hydrogens (tertiary/aromatic N) is 2. The van der Waals surface area contributed by atoms with Crippen LogP contribution in [0.4, 0.5) is 0 Å². The summed E-state index contributed by atoms with van der Waals surface area (Å²) < 4.78 is 4.85. The van der Waals surface area contributed by atoms with Gasteiger partial charge in [-0.05, 0) is 31.9 Å². The molecule has 1 aliphatic heterocycles. The van der Waals surface area contributed by atoms with Crippen LogP contribution in [0.15, 0.2) is 36.4 Å². The normalized spacial score (nSPS) is 16.7. The zero-order valence-corrected chi connectivity index (χ0v) is 18.3. The van der Waals surface area contributed by atoms with Crippen LogP contribution in [0.5, 0.6) is 0 Å². The molecule has 0 unspecified atom stereocenters. The number of piperazine rings is 1. The van der Waals surface area contributed by atoms with E-state index in [2.05, 4.69) is 39.1 Å². The van der Waals surface area contributed by atoms with E-state index < -0.39 is 5.97 Å². The van der Waals surface area contributed by atoms with Crippen molar-refractivity contribution in [3.8, 4) is 0 Å². The summed E-state index contributed by atoms with van der Waals surface area (Å²) in [5.74, 6) is -0.395. The third-order valence-corrected chi connectivity index (χ3v) is 5.88. The molecule has 1 fully saturated rings. The van der Waals surface area contributed by atoms with Gasteiger partial charge in [-0.1, -0.05) is 42.5 Å². The maximum atomic E-state index is 13.1. The Labute approximate surface area is 178 Å². The van der Waals surface area contributed by atoms with Gasteiger partial charge in [-0.15, -0.1) is 0 Å². The van der Waals surface area contributed by atoms with Gasteiger partial charge in [0.1, 0.15) is 0 Å². The van der Waals surface area contributed by atoms with Crippen molar-refractivity contribution in [2.75, 3.05) is 39.8 Å². The molecule has 1 saturated heterocycles. The number of aryl methyl sites for hydroxylation is 1. The summed E-state index contributed by atoms with van der Waals surface area (Å²) in [4.78, 5) is 32.8. The maximum Gasteiger partial charge on any atom is 0.339 e. The number of methoxy groups -OCH3 is 1.